The fraction of sp³-hybridized carbons (Fsp3) is 0.600. The van der Waals surface area contributed by atoms with E-state index in [1.165, 1.54) is 11.4 Å². The molecule has 0 radical (unpaired) electrons. The first kappa shape index (κ1) is 15.4. The molecule has 112 valence electrons. The molecule has 0 spiro atoms. The van der Waals surface area contributed by atoms with E-state index in [1.54, 1.807) is 0 Å². The third-order valence-electron chi connectivity index (χ3n) is 3.75. The summed E-state index contributed by atoms with van der Waals surface area (Å²) in [7, 11) is 4.10. The van der Waals surface area contributed by atoms with Gasteiger partial charge in [0, 0.05) is 64.1 Å². The van der Waals surface area contributed by atoms with E-state index in [0.29, 0.717) is 12.4 Å². The van der Waals surface area contributed by atoms with E-state index in [-0.39, 0.29) is 0 Å². The minimum atomic E-state index is -0.414. The van der Waals surface area contributed by atoms with E-state index >= 15 is 0 Å². The van der Waals surface area contributed by atoms with Gasteiger partial charge in [0.05, 0.1) is 6.10 Å². The molecule has 1 saturated heterocycles. The molecule has 1 aliphatic heterocycles. The Morgan fingerprint density at radius 1 is 1.15 bits per heavy atom. The molecule has 1 aromatic rings. The van der Waals surface area contributed by atoms with Crippen LogP contribution >= 0.6 is 11.6 Å². The van der Waals surface area contributed by atoms with Gasteiger partial charge in [0.2, 0.25) is 0 Å². The van der Waals surface area contributed by atoms with Gasteiger partial charge in [0.1, 0.15) is 0 Å². The number of hydrogen-bond acceptors (Lipinski definition) is 4. The van der Waals surface area contributed by atoms with Crippen LogP contribution in [-0.4, -0.2) is 68.8 Å². The number of rotatable bonds is 5. The fourth-order valence-corrected chi connectivity index (χ4v) is 2.59. The van der Waals surface area contributed by atoms with Crippen LogP contribution in [0.2, 0.25) is 0 Å². The number of aliphatic hydroxyl groups is 1. The van der Waals surface area contributed by atoms with E-state index in [2.05, 4.69) is 53.1 Å². The number of nitrogens with zero attached hydrogens (tertiary/aromatic N) is 3. The summed E-state index contributed by atoms with van der Waals surface area (Å²) in [5, 5.41) is 9.58. The summed E-state index contributed by atoms with van der Waals surface area (Å²) >= 11 is 5.65. The number of benzene rings is 1. The molecule has 1 unspecified atom stereocenters. The third kappa shape index (κ3) is 4.01. The molecule has 20 heavy (non-hydrogen) atoms. The zero-order valence-electron chi connectivity index (χ0n) is 12.3. The molecule has 1 heterocycles. The van der Waals surface area contributed by atoms with E-state index in [4.69, 9.17) is 11.6 Å². The lowest BCUT2D eigenvalue weighted by Gasteiger charge is -2.36. The summed E-state index contributed by atoms with van der Waals surface area (Å²) in [5.41, 5.74) is 2.49. The number of alkyl halides is 1. The van der Waals surface area contributed by atoms with Crippen molar-refractivity contribution < 1.29 is 5.11 Å². The summed E-state index contributed by atoms with van der Waals surface area (Å²) in [5.74, 6) is 0.312. The normalized spacial score (nSPS) is 18.1. The Bertz CT molecular complexity index is 402. The van der Waals surface area contributed by atoms with Gasteiger partial charge in [-0.25, -0.2) is 0 Å². The van der Waals surface area contributed by atoms with E-state index in [0.717, 1.165) is 26.2 Å². The predicted molar refractivity (Wildman–Crippen MR) is 86.1 cm³/mol. The molecule has 4 nitrogen and oxygen atoms in total. The van der Waals surface area contributed by atoms with Gasteiger partial charge in [-0.05, 0) is 24.3 Å². The number of halogens is 1. The second-order valence-electron chi connectivity index (χ2n) is 5.51. The van der Waals surface area contributed by atoms with Crippen molar-refractivity contribution in [1.29, 1.82) is 0 Å². The number of anilines is 2. The maximum atomic E-state index is 9.58. The molecule has 5 heteroatoms. The van der Waals surface area contributed by atoms with Crippen LogP contribution in [0.1, 0.15) is 0 Å². The Morgan fingerprint density at radius 2 is 1.75 bits per heavy atom. The Balaban J connectivity index is 1.87. The first-order chi connectivity index (χ1) is 9.60. The molecule has 2 rings (SSSR count). The second kappa shape index (κ2) is 7.16. The van der Waals surface area contributed by atoms with Crippen LogP contribution in [0.3, 0.4) is 0 Å². The van der Waals surface area contributed by atoms with Crippen LogP contribution in [-0.2, 0) is 0 Å². The van der Waals surface area contributed by atoms with Crippen molar-refractivity contribution in [3.63, 3.8) is 0 Å². The largest absolute Gasteiger partial charge is 0.391 e. The highest BCUT2D eigenvalue weighted by Gasteiger charge is 2.19. The molecular weight excluding hydrogens is 274 g/mol. The van der Waals surface area contributed by atoms with Crippen molar-refractivity contribution in [2.24, 2.45) is 0 Å². The first-order valence-corrected chi connectivity index (χ1v) is 7.62. The summed E-state index contributed by atoms with van der Waals surface area (Å²) in [6.07, 6.45) is -0.414. The number of piperazine rings is 1. The number of aliphatic hydroxyl groups excluding tert-OH is 1. The van der Waals surface area contributed by atoms with Gasteiger partial charge in [0.25, 0.3) is 0 Å². The fourth-order valence-electron chi connectivity index (χ4n) is 2.50. The number of hydrogen-bond donors (Lipinski definition) is 1. The van der Waals surface area contributed by atoms with Crippen molar-refractivity contribution in [3.8, 4) is 0 Å². The highest BCUT2D eigenvalue weighted by molar-refractivity contribution is 6.18. The van der Waals surface area contributed by atoms with Crippen LogP contribution in [0, 0.1) is 0 Å². The zero-order chi connectivity index (χ0) is 14.5. The minimum absolute atomic E-state index is 0.312. The average molecular weight is 298 g/mol. The molecule has 1 aliphatic rings. The molecule has 1 fully saturated rings. The monoisotopic (exact) mass is 297 g/mol. The molecule has 0 aromatic heterocycles. The summed E-state index contributed by atoms with van der Waals surface area (Å²) in [6.45, 7) is 4.62. The van der Waals surface area contributed by atoms with Crippen LogP contribution < -0.4 is 9.80 Å². The SMILES string of the molecule is CN(C)c1ccc(N2CCN(CC(O)CCl)CC2)cc1. The van der Waals surface area contributed by atoms with E-state index in [9.17, 15) is 5.11 Å². The first-order valence-electron chi connectivity index (χ1n) is 7.09. The van der Waals surface area contributed by atoms with Gasteiger partial charge in [-0.3, -0.25) is 4.90 Å². The van der Waals surface area contributed by atoms with Crippen molar-refractivity contribution in [1.82, 2.24) is 4.90 Å². The van der Waals surface area contributed by atoms with E-state index in [1.807, 2.05) is 0 Å². The van der Waals surface area contributed by atoms with Crippen LogP contribution in [0.25, 0.3) is 0 Å². The third-order valence-corrected chi connectivity index (χ3v) is 4.11. The molecule has 1 N–H and O–H groups in total. The van der Waals surface area contributed by atoms with Gasteiger partial charge in [-0.2, -0.15) is 0 Å². The molecule has 0 aliphatic carbocycles. The second-order valence-corrected chi connectivity index (χ2v) is 5.82. The van der Waals surface area contributed by atoms with Crippen LogP contribution in [0.15, 0.2) is 24.3 Å². The van der Waals surface area contributed by atoms with Gasteiger partial charge in [-0.15, -0.1) is 11.6 Å². The van der Waals surface area contributed by atoms with Crippen molar-refractivity contribution in [2.75, 3.05) is 62.5 Å². The average Bonchev–Trinajstić information content (AvgIpc) is 2.48. The Kier molecular flexibility index (Phi) is 5.52. The Hall–Kier alpha value is -0.970. The van der Waals surface area contributed by atoms with Crippen molar-refractivity contribution in [3.05, 3.63) is 24.3 Å². The lowest BCUT2D eigenvalue weighted by Crippen LogP contribution is -2.48. The summed E-state index contributed by atoms with van der Waals surface area (Å²) < 4.78 is 0. The smallest absolute Gasteiger partial charge is 0.0802 e. The maximum Gasteiger partial charge on any atom is 0.0802 e. The standard InChI is InChI=1S/C15H24ClN3O/c1-17(2)13-3-5-14(6-4-13)19-9-7-18(8-10-19)12-15(20)11-16/h3-6,15,20H,7-12H2,1-2H3. The lowest BCUT2D eigenvalue weighted by atomic mass is 10.2. The topological polar surface area (TPSA) is 30.0 Å². The maximum absolute atomic E-state index is 9.58. The zero-order valence-corrected chi connectivity index (χ0v) is 13.1. The van der Waals surface area contributed by atoms with Crippen molar-refractivity contribution >= 4 is 23.0 Å². The lowest BCUT2D eigenvalue weighted by molar-refractivity contribution is 0.125. The van der Waals surface area contributed by atoms with Gasteiger partial charge in [0.15, 0.2) is 0 Å². The van der Waals surface area contributed by atoms with Gasteiger partial charge >= 0.3 is 0 Å². The summed E-state index contributed by atoms with van der Waals surface area (Å²) in [4.78, 5) is 6.77. The summed E-state index contributed by atoms with van der Waals surface area (Å²) in [6, 6.07) is 8.66. The van der Waals surface area contributed by atoms with Gasteiger partial charge < -0.3 is 14.9 Å². The molecule has 0 saturated carbocycles. The Morgan fingerprint density at radius 3 is 2.25 bits per heavy atom. The van der Waals surface area contributed by atoms with Crippen LogP contribution in [0.4, 0.5) is 11.4 Å². The highest BCUT2D eigenvalue weighted by Crippen LogP contribution is 2.20. The van der Waals surface area contributed by atoms with Crippen LogP contribution in [0.5, 0.6) is 0 Å². The molecule has 0 amide bonds. The predicted octanol–water partition coefficient (Wildman–Crippen LogP) is 1.47. The van der Waals surface area contributed by atoms with Gasteiger partial charge in [-0.1, -0.05) is 0 Å². The van der Waals surface area contributed by atoms with E-state index < -0.39 is 6.10 Å². The molecular formula is C15H24ClN3O. The minimum Gasteiger partial charge on any atom is -0.391 e. The Labute approximate surface area is 126 Å². The molecule has 0 bridgehead atoms. The quantitative estimate of drug-likeness (QED) is 0.834. The molecule has 1 aromatic carbocycles. The number of β-amino-alcohol motifs (C(OH)–C–C–N with tert-alkyl or cyclic N) is 1. The highest BCUT2D eigenvalue weighted by atomic mass is 35.5. The molecule has 1 atom stereocenters. The van der Waals surface area contributed by atoms with Crippen molar-refractivity contribution in [2.45, 2.75) is 6.10 Å².